The van der Waals surface area contributed by atoms with Crippen molar-refractivity contribution in [1.29, 1.82) is 0 Å². The molecule has 0 aliphatic heterocycles. The molecule has 2 rings (SSSR count). The van der Waals surface area contributed by atoms with E-state index in [1.54, 1.807) is 24.4 Å². The molecule has 0 saturated heterocycles. The third-order valence-corrected chi connectivity index (χ3v) is 4.08. The van der Waals surface area contributed by atoms with Crippen molar-refractivity contribution in [3.63, 3.8) is 0 Å². The average molecular weight is 312 g/mol. The first kappa shape index (κ1) is 17.0. The molecule has 1 unspecified atom stereocenters. The van der Waals surface area contributed by atoms with E-state index in [1.807, 2.05) is 43.4 Å². The number of methoxy groups -OCH3 is 1. The molecule has 1 aromatic heterocycles. The molecule has 0 aliphatic carbocycles. The zero-order valence-electron chi connectivity index (χ0n) is 14.0. The van der Waals surface area contributed by atoms with Gasteiger partial charge in [0.15, 0.2) is 0 Å². The van der Waals surface area contributed by atoms with Crippen LogP contribution in [0.5, 0.6) is 5.75 Å². The first-order valence-electron chi connectivity index (χ1n) is 7.87. The van der Waals surface area contributed by atoms with Crippen molar-refractivity contribution in [2.24, 2.45) is 0 Å². The van der Waals surface area contributed by atoms with Gasteiger partial charge in [-0.15, -0.1) is 0 Å². The van der Waals surface area contributed by atoms with E-state index in [0.29, 0.717) is 6.42 Å². The van der Waals surface area contributed by atoms with Gasteiger partial charge in [0, 0.05) is 32.4 Å². The molecule has 0 fully saturated rings. The van der Waals surface area contributed by atoms with Crippen molar-refractivity contribution >= 4 is 5.91 Å². The van der Waals surface area contributed by atoms with Crippen molar-refractivity contribution in [3.8, 4) is 5.75 Å². The number of benzene rings is 1. The van der Waals surface area contributed by atoms with E-state index in [4.69, 9.17) is 4.74 Å². The highest BCUT2D eigenvalue weighted by molar-refractivity contribution is 5.76. The molecule has 0 N–H and O–H groups in total. The number of hydrogen-bond acceptors (Lipinski definition) is 3. The van der Waals surface area contributed by atoms with Gasteiger partial charge >= 0.3 is 0 Å². The van der Waals surface area contributed by atoms with E-state index in [-0.39, 0.29) is 11.8 Å². The molecule has 1 amide bonds. The molecule has 0 spiro atoms. The van der Waals surface area contributed by atoms with Crippen molar-refractivity contribution < 1.29 is 9.53 Å². The van der Waals surface area contributed by atoms with Gasteiger partial charge in [0.1, 0.15) is 5.75 Å². The second-order valence-corrected chi connectivity index (χ2v) is 5.80. The topological polar surface area (TPSA) is 42.4 Å². The SMILES string of the molecule is COc1ccc(C(C)CC(=O)N(C)CCc2ccncc2)cc1. The average Bonchev–Trinajstić information content (AvgIpc) is 2.60. The van der Waals surface area contributed by atoms with E-state index in [9.17, 15) is 4.79 Å². The van der Waals surface area contributed by atoms with Gasteiger partial charge in [0.2, 0.25) is 5.91 Å². The first-order chi connectivity index (χ1) is 11.1. The van der Waals surface area contributed by atoms with Gasteiger partial charge in [-0.1, -0.05) is 19.1 Å². The Balaban J connectivity index is 1.84. The van der Waals surface area contributed by atoms with Gasteiger partial charge in [-0.3, -0.25) is 9.78 Å². The largest absolute Gasteiger partial charge is 0.497 e. The fourth-order valence-corrected chi connectivity index (χ4v) is 2.44. The summed E-state index contributed by atoms with van der Waals surface area (Å²) >= 11 is 0. The van der Waals surface area contributed by atoms with Gasteiger partial charge in [-0.25, -0.2) is 0 Å². The number of carbonyl (C=O) groups is 1. The Labute approximate surface area is 138 Å². The van der Waals surface area contributed by atoms with Crippen molar-refractivity contribution in [2.75, 3.05) is 20.7 Å². The van der Waals surface area contributed by atoms with Gasteiger partial charge in [-0.05, 0) is 47.7 Å². The first-order valence-corrected chi connectivity index (χ1v) is 7.87. The summed E-state index contributed by atoms with van der Waals surface area (Å²) in [6.07, 6.45) is 4.92. The zero-order valence-corrected chi connectivity index (χ0v) is 14.0. The molecule has 1 atom stereocenters. The van der Waals surface area contributed by atoms with Crippen LogP contribution in [0.4, 0.5) is 0 Å². The third-order valence-electron chi connectivity index (χ3n) is 4.08. The van der Waals surface area contributed by atoms with Crippen LogP contribution < -0.4 is 4.74 Å². The normalized spacial score (nSPS) is 11.8. The summed E-state index contributed by atoms with van der Waals surface area (Å²) in [7, 11) is 3.52. The Morgan fingerprint density at radius 1 is 1.17 bits per heavy atom. The Morgan fingerprint density at radius 3 is 2.43 bits per heavy atom. The molecule has 23 heavy (non-hydrogen) atoms. The fraction of sp³-hybridized carbons (Fsp3) is 0.368. The van der Waals surface area contributed by atoms with Crippen LogP contribution in [0, 0.1) is 0 Å². The monoisotopic (exact) mass is 312 g/mol. The quantitative estimate of drug-likeness (QED) is 0.788. The Bertz CT molecular complexity index is 611. The second-order valence-electron chi connectivity index (χ2n) is 5.80. The van der Waals surface area contributed by atoms with Crippen molar-refractivity contribution in [2.45, 2.75) is 25.7 Å². The lowest BCUT2D eigenvalue weighted by Gasteiger charge is -2.20. The molecule has 1 heterocycles. The van der Waals surface area contributed by atoms with Crippen LogP contribution in [-0.4, -0.2) is 36.5 Å². The molecule has 1 aromatic carbocycles. The number of carbonyl (C=O) groups excluding carboxylic acids is 1. The minimum Gasteiger partial charge on any atom is -0.497 e. The Kier molecular flexibility index (Phi) is 6.15. The summed E-state index contributed by atoms with van der Waals surface area (Å²) in [4.78, 5) is 18.2. The highest BCUT2D eigenvalue weighted by Crippen LogP contribution is 2.22. The second kappa shape index (κ2) is 8.32. The molecule has 0 bridgehead atoms. The highest BCUT2D eigenvalue weighted by Gasteiger charge is 2.15. The predicted octanol–water partition coefficient (Wildman–Crippen LogP) is 3.28. The fourth-order valence-electron chi connectivity index (χ4n) is 2.44. The minimum atomic E-state index is 0.169. The van der Waals surface area contributed by atoms with Crippen LogP contribution in [0.3, 0.4) is 0 Å². The molecule has 0 radical (unpaired) electrons. The summed E-state index contributed by atoms with van der Waals surface area (Å²) < 4.78 is 5.16. The smallest absolute Gasteiger partial charge is 0.222 e. The van der Waals surface area contributed by atoms with E-state index < -0.39 is 0 Å². The van der Waals surface area contributed by atoms with E-state index >= 15 is 0 Å². The summed E-state index contributed by atoms with van der Waals surface area (Å²) in [5, 5.41) is 0. The van der Waals surface area contributed by atoms with Crippen LogP contribution in [0.25, 0.3) is 0 Å². The summed E-state index contributed by atoms with van der Waals surface area (Å²) in [6, 6.07) is 11.9. The highest BCUT2D eigenvalue weighted by atomic mass is 16.5. The maximum Gasteiger partial charge on any atom is 0.222 e. The van der Waals surface area contributed by atoms with Crippen LogP contribution in [0.15, 0.2) is 48.8 Å². The number of ether oxygens (including phenoxy) is 1. The van der Waals surface area contributed by atoms with Gasteiger partial charge in [0.25, 0.3) is 0 Å². The summed E-state index contributed by atoms with van der Waals surface area (Å²) in [6.45, 7) is 2.80. The van der Waals surface area contributed by atoms with E-state index in [0.717, 1.165) is 24.3 Å². The molecule has 0 saturated carbocycles. The number of nitrogens with zero attached hydrogens (tertiary/aromatic N) is 2. The third kappa shape index (κ3) is 5.09. The molecule has 4 heteroatoms. The summed E-state index contributed by atoms with van der Waals surface area (Å²) in [5.74, 6) is 1.20. The number of hydrogen-bond donors (Lipinski definition) is 0. The number of amides is 1. The number of pyridine rings is 1. The van der Waals surface area contributed by atoms with E-state index in [2.05, 4.69) is 11.9 Å². The van der Waals surface area contributed by atoms with Gasteiger partial charge in [-0.2, -0.15) is 0 Å². The summed E-state index contributed by atoms with van der Waals surface area (Å²) in [5.41, 5.74) is 2.35. The molecular formula is C19H24N2O2. The zero-order chi connectivity index (χ0) is 16.7. The Hall–Kier alpha value is -2.36. The van der Waals surface area contributed by atoms with Crippen LogP contribution in [-0.2, 0) is 11.2 Å². The number of aromatic nitrogens is 1. The van der Waals surface area contributed by atoms with Gasteiger partial charge < -0.3 is 9.64 Å². The van der Waals surface area contributed by atoms with Crippen LogP contribution in [0.2, 0.25) is 0 Å². The van der Waals surface area contributed by atoms with Crippen LogP contribution in [0.1, 0.15) is 30.4 Å². The Morgan fingerprint density at radius 2 is 1.83 bits per heavy atom. The lowest BCUT2D eigenvalue weighted by Crippen LogP contribution is -2.29. The molecule has 4 nitrogen and oxygen atoms in total. The maximum atomic E-state index is 12.4. The number of likely N-dealkylation sites (N-methyl/N-ethyl adjacent to an activating group) is 1. The van der Waals surface area contributed by atoms with Crippen molar-refractivity contribution in [3.05, 3.63) is 59.9 Å². The minimum absolute atomic E-state index is 0.169. The number of rotatable bonds is 7. The van der Waals surface area contributed by atoms with Crippen molar-refractivity contribution in [1.82, 2.24) is 9.88 Å². The van der Waals surface area contributed by atoms with Crippen LogP contribution >= 0.6 is 0 Å². The molecular weight excluding hydrogens is 288 g/mol. The molecule has 122 valence electrons. The van der Waals surface area contributed by atoms with E-state index in [1.165, 1.54) is 5.56 Å². The predicted molar refractivity (Wildman–Crippen MR) is 91.6 cm³/mol. The standard InChI is InChI=1S/C19H24N2O2/c1-15(17-4-6-18(23-3)7-5-17)14-19(22)21(2)13-10-16-8-11-20-12-9-16/h4-9,11-12,15H,10,13-14H2,1-3H3. The lowest BCUT2D eigenvalue weighted by atomic mass is 9.97. The maximum absolute atomic E-state index is 12.4. The lowest BCUT2D eigenvalue weighted by molar-refractivity contribution is -0.130. The molecule has 0 aliphatic rings. The molecule has 2 aromatic rings. The van der Waals surface area contributed by atoms with Gasteiger partial charge in [0.05, 0.1) is 7.11 Å².